The second kappa shape index (κ2) is 14.2. The number of carboxylic acid groups (broad SMARTS) is 2. The van der Waals surface area contributed by atoms with Gasteiger partial charge in [0.25, 0.3) is 0 Å². The maximum absolute atomic E-state index is 12.6. The molecule has 4 amide bonds. The van der Waals surface area contributed by atoms with Crippen LogP contribution >= 0.6 is 0 Å². The normalized spacial score (nSPS) is 14.0. The first-order valence-corrected chi connectivity index (χ1v) is 9.69. The Morgan fingerprint density at radius 1 is 0.818 bits per heavy atom. The van der Waals surface area contributed by atoms with Gasteiger partial charge in [0.05, 0.1) is 18.9 Å². The Bertz CT molecular complexity index is 781. The minimum absolute atomic E-state index is 0.0822. The molecule has 0 fully saturated rings. The molecular formula is C17H30N8O8. The third-order valence-electron chi connectivity index (χ3n) is 4.02. The van der Waals surface area contributed by atoms with Crippen LogP contribution in [0.1, 0.15) is 32.6 Å². The maximum Gasteiger partial charge on any atom is 0.326 e. The Balaban J connectivity index is 5.41. The van der Waals surface area contributed by atoms with Crippen LogP contribution in [-0.2, 0) is 28.8 Å². The zero-order valence-corrected chi connectivity index (χ0v) is 17.9. The lowest BCUT2D eigenvalue weighted by Gasteiger charge is -2.23. The molecule has 0 aromatic heterocycles. The van der Waals surface area contributed by atoms with Crippen molar-refractivity contribution >= 4 is 41.5 Å². The van der Waals surface area contributed by atoms with Crippen LogP contribution in [0.3, 0.4) is 0 Å². The van der Waals surface area contributed by atoms with Crippen molar-refractivity contribution in [3.05, 3.63) is 0 Å². The van der Waals surface area contributed by atoms with E-state index < -0.39 is 72.6 Å². The smallest absolute Gasteiger partial charge is 0.326 e. The topological polar surface area (TPSA) is 295 Å². The molecule has 16 heteroatoms. The van der Waals surface area contributed by atoms with Gasteiger partial charge >= 0.3 is 11.9 Å². The molecule has 186 valence electrons. The number of carbonyl (C=O) groups excluding carboxylic acids is 4. The number of amides is 4. The Kier molecular flexibility index (Phi) is 12.5. The number of nitrogens with zero attached hydrogens (tertiary/aromatic N) is 1. The predicted octanol–water partition coefficient (Wildman–Crippen LogP) is -4.72. The fourth-order valence-corrected chi connectivity index (χ4v) is 2.40. The van der Waals surface area contributed by atoms with E-state index in [2.05, 4.69) is 20.9 Å². The Hall–Kier alpha value is -3.95. The Morgan fingerprint density at radius 3 is 1.73 bits per heavy atom. The number of carboxylic acids is 2. The summed E-state index contributed by atoms with van der Waals surface area (Å²) in [5.41, 5.74) is 20.8. The molecule has 0 saturated heterocycles. The van der Waals surface area contributed by atoms with Crippen molar-refractivity contribution in [2.45, 2.75) is 56.8 Å². The van der Waals surface area contributed by atoms with Crippen molar-refractivity contribution in [3.8, 4) is 0 Å². The van der Waals surface area contributed by atoms with Gasteiger partial charge in [-0.2, -0.15) is 0 Å². The fourth-order valence-electron chi connectivity index (χ4n) is 2.40. The van der Waals surface area contributed by atoms with Crippen molar-refractivity contribution < 1.29 is 39.0 Å². The van der Waals surface area contributed by atoms with Crippen LogP contribution in [-0.4, -0.2) is 82.5 Å². The minimum atomic E-state index is -1.64. The summed E-state index contributed by atoms with van der Waals surface area (Å²) < 4.78 is 0. The lowest BCUT2D eigenvalue weighted by molar-refractivity contribution is -0.143. The second-order valence-electron chi connectivity index (χ2n) is 7.03. The van der Waals surface area contributed by atoms with Crippen molar-refractivity contribution in [1.82, 2.24) is 16.0 Å². The average molecular weight is 474 g/mol. The highest BCUT2D eigenvalue weighted by Crippen LogP contribution is 2.03. The number of guanidine groups is 1. The average Bonchev–Trinajstić information content (AvgIpc) is 2.67. The van der Waals surface area contributed by atoms with E-state index in [9.17, 15) is 33.9 Å². The lowest BCUT2D eigenvalue weighted by atomic mass is 10.1. The standard InChI is InChI=1S/C17H30N8O8/c1-7(18)13(29)24-10(6-12(27)28)15(31)25-9(5-11(19)26)14(30)23-8(16(32)33)3-2-4-22-17(20)21/h7-10H,2-6,18H2,1H3,(H2,19,26)(H,23,30)(H,24,29)(H,25,31)(H,27,28)(H,32,33)(H4,20,21,22). The summed E-state index contributed by atoms with van der Waals surface area (Å²) >= 11 is 0. The number of nitrogens with one attached hydrogen (secondary N) is 3. The van der Waals surface area contributed by atoms with Crippen LogP contribution in [0.15, 0.2) is 4.99 Å². The number of hydrogen-bond acceptors (Lipinski definition) is 8. The van der Waals surface area contributed by atoms with Crippen LogP contribution in [0.4, 0.5) is 0 Å². The number of carbonyl (C=O) groups is 6. The molecule has 0 rings (SSSR count). The molecule has 13 N–H and O–H groups in total. The molecule has 0 radical (unpaired) electrons. The molecule has 0 bridgehead atoms. The van der Waals surface area contributed by atoms with E-state index in [1.807, 2.05) is 0 Å². The van der Waals surface area contributed by atoms with Crippen LogP contribution in [0.25, 0.3) is 0 Å². The van der Waals surface area contributed by atoms with E-state index in [1.54, 1.807) is 0 Å². The number of rotatable bonds is 15. The first-order chi connectivity index (χ1) is 15.2. The first kappa shape index (κ1) is 29.1. The first-order valence-electron chi connectivity index (χ1n) is 9.69. The van der Waals surface area contributed by atoms with Gasteiger partial charge in [0.1, 0.15) is 18.1 Å². The van der Waals surface area contributed by atoms with Crippen molar-refractivity contribution in [3.63, 3.8) is 0 Å². The molecule has 0 aromatic carbocycles. The molecule has 16 nitrogen and oxygen atoms in total. The molecular weight excluding hydrogens is 444 g/mol. The fraction of sp³-hybridized carbons (Fsp3) is 0.588. The molecule has 0 spiro atoms. The predicted molar refractivity (Wildman–Crippen MR) is 113 cm³/mol. The van der Waals surface area contributed by atoms with Crippen LogP contribution < -0.4 is 38.9 Å². The van der Waals surface area contributed by atoms with Crippen molar-refractivity contribution in [2.75, 3.05) is 6.54 Å². The summed E-state index contributed by atoms with van der Waals surface area (Å²) in [6, 6.07) is -5.74. The number of hydrogen-bond donors (Lipinski definition) is 9. The van der Waals surface area contributed by atoms with Gasteiger partial charge in [0, 0.05) is 6.54 Å². The van der Waals surface area contributed by atoms with Gasteiger partial charge in [0.2, 0.25) is 23.6 Å². The summed E-state index contributed by atoms with van der Waals surface area (Å²) in [5.74, 6) is -7.06. The molecule has 0 aromatic rings. The highest BCUT2D eigenvalue weighted by atomic mass is 16.4. The highest BCUT2D eigenvalue weighted by molar-refractivity contribution is 5.97. The molecule has 4 atom stereocenters. The quantitative estimate of drug-likeness (QED) is 0.0616. The number of aliphatic imine (C=N–C) groups is 1. The molecule has 4 unspecified atom stereocenters. The van der Waals surface area contributed by atoms with Gasteiger partial charge in [-0.15, -0.1) is 0 Å². The molecule has 0 heterocycles. The van der Waals surface area contributed by atoms with E-state index in [0.717, 1.165) is 0 Å². The second-order valence-corrected chi connectivity index (χ2v) is 7.03. The summed E-state index contributed by atoms with van der Waals surface area (Å²) in [4.78, 5) is 74.4. The third-order valence-corrected chi connectivity index (χ3v) is 4.02. The lowest BCUT2D eigenvalue weighted by Crippen LogP contribution is -2.57. The van der Waals surface area contributed by atoms with Crippen LogP contribution in [0.5, 0.6) is 0 Å². The van der Waals surface area contributed by atoms with Gasteiger partial charge in [-0.05, 0) is 19.8 Å². The van der Waals surface area contributed by atoms with Gasteiger partial charge < -0.3 is 49.1 Å². The monoisotopic (exact) mass is 474 g/mol. The largest absolute Gasteiger partial charge is 0.481 e. The van der Waals surface area contributed by atoms with E-state index >= 15 is 0 Å². The van der Waals surface area contributed by atoms with Gasteiger partial charge in [-0.25, -0.2) is 4.79 Å². The highest BCUT2D eigenvalue weighted by Gasteiger charge is 2.31. The van der Waals surface area contributed by atoms with Crippen LogP contribution in [0.2, 0.25) is 0 Å². The Morgan fingerprint density at radius 2 is 1.30 bits per heavy atom. The SMILES string of the molecule is CC(N)C(=O)NC(CC(=O)O)C(=O)NC(CC(N)=O)C(=O)NC(CCCN=C(N)N)C(=O)O. The van der Waals surface area contributed by atoms with Gasteiger partial charge in [-0.1, -0.05) is 0 Å². The number of aliphatic carboxylic acids is 2. The van der Waals surface area contributed by atoms with E-state index in [0.29, 0.717) is 0 Å². The molecule has 33 heavy (non-hydrogen) atoms. The zero-order valence-electron chi connectivity index (χ0n) is 17.9. The van der Waals surface area contributed by atoms with Crippen molar-refractivity contribution in [1.29, 1.82) is 0 Å². The number of primary amides is 1. The van der Waals surface area contributed by atoms with E-state index in [-0.39, 0.29) is 25.3 Å². The zero-order chi connectivity index (χ0) is 25.7. The van der Waals surface area contributed by atoms with Crippen molar-refractivity contribution in [2.24, 2.45) is 27.9 Å². The summed E-state index contributed by atoms with van der Waals surface area (Å²) in [6.07, 6.45) is -1.47. The molecule has 0 aliphatic heterocycles. The summed E-state index contributed by atoms with van der Waals surface area (Å²) in [7, 11) is 0. The maximum atomic E-state index is 12.6. The summed E-state index contributed by atoms with van der Waals surface area (Å²) in [5, 5.41) is 24.7. The minimum Gasteiger partial charge on any atom is -0.481 e. The van der Waals surface area contributed by atoms with Gasteiger partial charge in [0.15, 0.2) is 5.96 Å². The van der Waals surface area contributed by atoms with Crippen LogP contribution in [0, 0.1) is 0 Å². The van der Waals surface area contributed by atoms with E-state index in [1.165, 1.54) is 6.92 Å². The molecule has 0 saturated carbocycles. The number of nitrogens with two attached hydrogens (primary N) is 4. The molecule has 0 aliphatic carbocycles. The molecule has 0 aliphatic rings. The van der Waals surface area contributed by atoms with Gasteiger partial charge in [-0.3, -0.25) is 29.0 Å². The summed E-state index contributed by atoms with van der Waals surface area (Å²) in [6.45, 7) is 1.40. The van der Waals surface area contributed by atoms with E-state index in [4.69, 9.17) is 28.0 Å². The Labute approximate surface area is 188 Å². The third kappa shape index (κ3) is 12.5.